The number of benzene rings is 1. The summed E-state index contributed by atoms with van der Waals surface area (Å²) in [6.45, 7) is 3.05. The van der Waals surface area contributed by atoms with Gasteiger partial charge in [-0.1, -0.05) is 24.8 Å². The third-order valence-corrected chi connectivity index (χ3v) is 5.46. The topological polar surface area (TPSA) is 59.9 Å². The maximum Gasteiger partial charge on any atom is 0.344 e. The fraction of sp³-hybridized carbons (Fsp3) is 0.500. The van der Waals surface area contributed by atoms with Gasteiger partial charge in [-0.3, -0.25) is 4.57 Å². The van der Waals surface area contributed by atoms with Crippen LogP contribution in [0.25, 0.3) is 0 Å². The summed E-state index contributed by atoms with van der Waals surface area (Å²) >= 11 is 1.30. The van der Waals surface area contributed by atoms with E-state index in [1.165, 1.54) is 28.5 Å². The molecule has 1 N–H and O–H groups in total. The molecule has 1 aliphatic heterocycles. The lowest BCUT2D eigenvalue weighted by atomic mass is 10.1. The molecular weight excluding hydrogens is 336 g/mol. The summed E-state index contributed by atoms with van der Waals surface area (Å²) in [5.41, 5.74) is 0.102. The van der Waals surface area contributed by atoms with E-state index in [2.05, 4.69) is 10.2 Å². The van der Waals surface area contributed by atoms with E-state index in [1.807, 2.05) is 6.92 Å². The first-order valence-electron chi connectivity index (χ1n) is 7.97. The number of H-pyrrole nitrogens is 1. The molecule has 2 aromatic rings. The summed E-state index contributed by atoms with van der Waals surface area (Å²) in [7, 11) is 0. The van der Waals surface area contributed by atoms with Crippen molar-refractivity contribution in [3.05, 3.63) is 45.9 Å². The molecule has 24 heavy (non-hydrogen) atoms. The van der Waals surface area contributed by atoms with E-state index in [0.717, 1.165) is 18.9 Å². The number of aromatic amines is 1. The molecule has 0 aliphatic carbocycles. The predicted molar refractivity (Wildman–Crippen MR) is 87.1 cm³/mol. The van der Waals surface area contributed by atoms with Gasteiger partial charge in [0.2, 0.25) is 0 Å². The van der Waals surface area contributed by atoms with E-state index < -0.39 is 11.6 Å². The van der Waals surface area contributed by atoms with Gasteiger partial charge in [0.05, 0.1) is 12.6 Å². The summed E-state index contributed by atoms with van der Waals surface area (Å²) in [6, 6.07) is 3.56. The number of hydrogen-bond donors (Lipinski definition) is 1. The van der Waals surface area contributed by atoms with Crippen LogP contribution in [0.1, 0.15) is 37.0 Å². The van der Waals surface area contributed by atoms with Gasteiger partial charge in [-0.2, -0.15) is 0 Å². The maximum absolute atomic E-state index is 14.1. The molecule has 0 unspecified atom stereocenters. The monoisotopic (exact) mass is 355 g/mol. The Morgan fingerprint density at radius 1 is 1.50 bits per heavy atom. The van der Waals surface area contributed by atoms with Crippen molar-refractivity contribution in [3.8, 4) is 0 Å². The minimum Gasteiger partial charge on any atom is -0.376 e. The van der Waals surface area contributed by atoms with Crippen LogP contribution < -0.4 is 5.69 Å². The van der Waals surface area contributed by atoms with Crippen LogP contribution in [-0.4, -0.2) is 27.5 Å². The number of aromatic nitrogens is 3. The molecule has 0 amide bonds. The van der Waals surface area contributed by atoms with E-state index in [1.54, 1.807) is 0 Å². The highest BCUT2D eigenvalue weighted by Crippen LogP contribution is 2.37. The Kier molecular flexibility index (Phi) is 5.35. The molecule has 0 spiro atoms. The molecule has 0 radical (unpaired) electrons. The summed E-state index contributed by atoms with van der Waals surface area (Å²) in [6.07, 6.45) is 2.51. The van der Waals surface area contributed by atoms with Crippen molar-refractivity contribution in [2.24, 2.45) is 0 Å². The van der Waals surface area contributed by atoms with Gasteiger partial charge < -0.3 is 4.74 Å². The largest absolute Gasteiger partial charge is 0.376 e. The van der Waals surface area contributed by atoms with Crippen LogP contribution in [0, 0.1) is 11.6 Å². The van der Waals surface area contributed by atoms with E-state index in [0.29, 0.717) is 30.3 Å². The summed E-state index contributed by atoms with van der Waals surface area (Å²) in [5, 5.41) is 6.73. The van der Waals surface area contributed by atoms with Gasteiger partial charge in [-0.15, -0.1) is 5.10 Å². The zero-order chi connectivity index (χ0) is 17.1. The van der Waals surface area contributed by atoms with E-state index >= 15 is 0 Å². The first kappa shape index (κ1) is 17.2. The standard InChI is InChI=1S/C16H19F2N3O2S/c1-2-14(12-6-5-10(17)8-13(12)18)24-16-20-19-15(22)21(16)9-11-4-3-7-23-11/h5-6,8,11,14H,2-4,7,9H2,1H3,(H,19,22)/t11-,14-/m0/s1. The molecule has 1 saturated heterocycles. The van der Waals surface area contributed by atoms with E-state index in [-0.39, 0.29) is 17.0 Å². The van der Waals surface area contributed by atoms with Crippen LogP contribution in [-0.2, 0) is 11.3 Å². The second-order valence-electron chi connectivity index (χ2n) is 5.74. The smallest absolute Gasteiger partial charge is 0.344 e. The molecule has 130 valence electrons. The molecule has 1 aliphatic rings. The Balaban J connectivity index is 1.82. The SMILES string of the molecule is CC[C@H](Sc1n[nH]c(=O)n1C[C@@H]1CCCO1)c1ccc(F)cc1F. The number of rotatable bonds is 6. The van der Waals surface area contributed by atoms with Crippen molar-refractivity contribution in [1.82, 2.24) is 14.8 Å². The zero-order valence-electron chi connectivity index (χ0n) is 13.3. The Morgan fingerprint density at radius 2 is 2.33 bits per heavy atom. The zero-order valence-corrected chi connectivity index (χ0v) is 14.1. The Hall–Kier alpha value is -1.67. The molecule has 1 aromatic heterocycles. The lowest BCUT2D eigenvalue weighted by molar-refractivity contribution is 0.0941. The summed E-state index contributed by atoms with van der Waals surface area (Å²) in [5.74, 6) is -1.19. The second kappa shape index (κ2) is 7.48. The number of ether oxygens (including phenoxy) is 1. The third kappa shape index (κ3) is 3.70. The minimum absolute atomic E-state index is 0.00211. The van der Waals surface area contributed by atoms with Crippen LogP contribution in [0.5, 0.6) is 0 Å². The van der Waals surface area contributed by atoms with Crippen LogP contribution in [0.3, 0.4) is 0 Å². The fourth-order valence-electron chi connectivity index (χ4n) is 2.80. The third-order valence-electron chi connectivity index (χ3n) is 4.06. The van der Waals surface area contributed by atoms with E-state index in [4.69, 9.17) is 4.74 Å². The van der Waals surface area contributed by atoms with Crippen molar-refractivity contribution in [1.29, 1.82) is 0 Å². The molecule has 3 rings (SSSR count). The molecule has 8 heteroatoms. The Morgan fingerprint density at radius 3 is 3.00 bits per heavy atom. The Bertz CT molecular complexity index is 756. The number of nitrogens with zero attached hydrogens (tertiary/aromatic N) is 2. The minimum atomic E-state index is -0.605. The quantitative estimate of drug-likeness (QED) is 0.808. The van der Waals surface area contributed by atoms with Gasteiger partial charge in [0, 0.05) is 23.5 Å². The van der Waals surface area contributed by atoms with Crippen molar-refractivity contribution < 1.29 is 13.5 Å². The normalized spacial score (nSPS) is 18.9. The van der Waals surface area contributed by atoms with Gasteiger partial charge in [0.25, 0.3) is 0 Å². The predicted octanol–water partition coefficient (Wildman–Crippen LogP) is 3.27. The van der Waals surface area contributed by atoms with Gasteiger partial charge >= 0.3 is 5.69 Å². The molecule has 5 nitrogen and oxygen atoms in total. The highest BCUT2D eigenvalue weighted by Gasteiger charge is 2.23. The first-order chi connectivity index (χ1) is 11.6. The van der Waals surface area contributed by atoms with Crippen LogP contribution in [0.2, 0.25) is 0 Å². The van der Waals surface area contributed by atoms with Crippen molar-refractivity contribution in [3.63, 3.8) is 0 Å². The fourth-order valence-corrected chi connectivity index (χ4v) is 3.93. The molecule has 0 saturated carbocycles. The average Bonchev–Trinajstić information content (AvgIpc) is 3.18. The highest BCUT2D eigenvalue weighted by molar-refractivity contribution is 7.99. The van der Waals surface area contributed by atoms with E-state index in [9.17, 15) is 13.6 Å². The van der Waals surface area contributed by atoms with Crippen molar-refractivity contribution in [2.45, 2.75) is 49.2 Å². The Labute approximate surface area is 142 Å². The number of nitrogens with one attached hydrogen (secondary N) is 1. The summed E-state index contributed by atoms with van der Waals surface area (Å²) < 4.78 is 34.3. The van der Waals surface area contributed by atoms with Crippen LogP contribution in [0.15, 0.2) is 28.2 Å². The number of halogens is 2. The molecule has 2 heterocycles. The van der Waals surface area contributed by atoms with Crippen LogP contribution in [0.4, 0.5) is 8.78 Å². The average molecular weight is 355 g/mol. The lowest BCUT2D eigenvalue weighted by Crippen LogP contribution is -2.25. The van der Waals surface area contributed by atoms with Crippen molar-refractivity contribution >= 4 is 11.8 Å². The lowest BCUT2D eigenvalue weighted by Gasteiger charge is -2.16. The molecule has 2 atom stereocenters. The maximum atomic E-state index is 14.1. The highest BCUT2D eigenvalue weighted by atomic mass is 32.2. The van der Waals surface area contributed by atoms with Gasteiger partial charge in [-0.25, -0.2) is 18.7 Å². The molecule has 1 aromatic carbocycles. The molecular formula is C16H19F2N3O2S. The van der Waals surface area contributed by atoms with Gasteiger partial charge in [0.1, 0.15) is 11.6 Å². The van der Waals surface area contributed by atoms with Gasteiger partial charge in [-0.05, 0) is 25.3 Å². The van der Waals surface area contributed by atoms with Crippen LogP contribution >= 0.6 is 11.8 Å². The first-order valence-corrected chi connectivity index (χ1v) is 8.85. The summed E-state index contributed by atoms with van der Waals surface area (Å²) in [4.78, 5) is 12.0. The second-order valence-corrected chi connectivity index (χ2v) is 6.91. The number of thioether (sulfide) groups is 1. The number of hydrogen-bond acceptors (Lipinski definition) is 4. The molecule has 0 bridgehead atoms. The van der Waals surface area contributed by atoms with Gasteiger partial charge in [0.15, 0.2) is 5.16 Å². The molecule has 1 fully saturated rings. The van der Waals surface area contributed by atoms with Crippen molar-refractivity contribution in [2.75, 3.05) is 6.61 Å².